The van der Waals surface area contributed by atoms with Gasteiger partial charge in [-0.3, -0.25) is 4.79 Å². The summed E-state index contributed by atoms with van der Waals surface area (Å²) in [5.41, 5.74) is 1.92. The molecule has 0 aromatic heterocycles. The number of carbonyl (C=O) groups is 1. The number of hydrogen-bond acceptors (Lipinski definition) is 2. The lowest BCUT2D eigenvalue weighted by Gasteiger charge is -2.15. The smallest absolute Gasteiger partial charge is 0.167 e. The number of para-hydroxylation sites is 1. The van der Waals surface area contributed by atoms with Gasteiger partial charge in [0.05, 0.1) is 6.10 Å². The van der Waals surface area contributed by atoms with Crippen molar-refractivity contribution in [3.63, 3.8) is 0 Å². The first-order chi connectivity index (χ1) is 10.9. The van der Waals surface area contributed by atoms with Gasteiger partial charge in [0.15, 0.2) is 5.78 Å². The Kier molecular flexibility index (Phi) is 4.01. The van der Waals surface area contributed by atoms with Gasteiger partial charge in [0.1, 0.15) is 5.75 Å². The first-order valence-electron chi connectivity index (χ1n) is 8.27. The van der Waals surface area contributed by atoms with Crippen LogP contribution < -0.4 is 4.74 Å². The molecule has 2 nitrogen and oxygen atoms in total. The molecule has 0 bridgehead atoms. The minimum atomic E-state index is -0.0383. The fourth-order valence-corrected chi connectivity index (χ4v) is 3.59. The predicted molar refractivity (Wildman–Crippen MR) is 93.0 cm³/mol. The maximum atomic E-state index is 12.9. The third-order valence-corrected chi connectivity index (χ3v) is 4.78. The summed E-state index contributed by atoms with van der Waals surface area (Å²) in [4.78, 5) is 12.9. The van der Waals surface area contributed by atoms with Crippen molar-refractivity contribution >= 4 is 5.78 Å². The van der Waals surface area contributed by atoms with Crippen molar-refractivity contribution in [3.8, 4) is 5.75 Å². The van der Waals surface area contributed by atoms with Crippen molar-refractivity contribution in [1.82, 2.24) is 0 Å². The fraction of sp³-hybridized carbons (Fsp3) is 0.381. The molecule has 0 amide bonds. The summed E-state index contributed by atoms with van der Waals surface area (Å²) in [5, 5.41) is 0. The van der Waals surface area contributed by atoms with Crippen molar-refractivity contribution in [1.29, 1.82) is 0 Å². The van der Waals surface area contributed by atoms with Crippen LogP contribution >= 0.6 is 0 Å². The Morgan fingerprint density at radius 2 is 1.61 bits per heavy atom. The van der Waals surface area contributed by atoms with Gasteiger partial charge in [-0.1, -0.05) is 62.4 Å². The summed E-state index contributed by atoms with van der Waals surface area (Å²) in [7, 11) is 0. The molecule has 2 aromatic rings. The second-order valence-corrected chi connectivity index (χ2v) is 7.21. The Labute approximate surface area is 138 Å². The molecule has 0 N–H and O–H groups in total. The molecule has 120 valence electrons. The van der Waals surface area contributed by atoms with Gasteiger partial charge in [-0.2, -0.15) is 0 Å². The van der Waals surface area contributed by atoms with Gasteiger partial charge in [-0.05, 0) is 30.9 Å². The van der Waals surface area contributed by atoms with Gasteiger partial charge in [-0.15, -0.1) is 0 Å². The zero-order valence-corrected chi connectivity index (χ0v) is 14.2. The maximum absolute atomic E-state index is 12.9. The molecule has 0 spiro atoms. The highest BCUT2D eigenvalue weighted by molar-refractivity contribution is 6.01. The predicted octanol–water partition coefficient (Wildman–Crippen LogP) is 5.10. The number of hydrogen-bond donors (Lipinski definition) is 0. The highest BCUT2D eigenvalue weighted by Gasteiger charge is 2.62. The van der Waals surface area contributed by atoms with Crippen LogP contribution in [0.3, 0.4) is 0 Å². The Hall–Kier alpha value is -2.09. The van der Waals surface area contributed by atoms with Gasteiger partial charge in [0.25, 0.3) is 0 Å². The number of rotatable bonds is 5. The topological polar surface area (TPSA) is 26.3 Å². The van der Waals surface area contributed by atoms with Crippen LogP contribution in [0.25, 0.3) is 0 Å². The van der Waals surface area contributed by atoms with Crippen molar-refractivity contribution in [2.24, 2.45) is 11.3 Å². The van der Waals surface area contributed by atoms with Gasteiger partial charge in [0, 0.05) is 17.4 Å². The molecule has 0 radical (unpaired) electrons. The van der Waals surface area contributed by atoms with E-state index in [0.29, 0.717) is 0 Å². The number of carbonyl (C=O) groups excluding carboxylic acids is 1. The van der Waals surface area contributed by atoms with E-state index in [1.165, 1.54) is 0 Å². The Bertz CT molecular complexity index is 701. The van der Waals surface area contributed by atoms with Crippen LogP contribution in [0, 0.1) is 11.3 Å². The van der Waals surface area contributed by atoms with Crippen LogP contribution in [-0.2, 0) is 0 Å². The van der Waals surface area contributed by atoms with Crippen LogP contribution in [0.5, 0.6) is 5.75 Å². The van der Waals surface area contributed by atoms with Crippen molar-refractivity contribution in [3.05, 3.63) is 65.7 Å². The quantitative estimate of drug-likeness (QED) is 0.719. The third kappa shape index (κ3) is 2.90. The zero-order valence-electron chi connectivity index (χ0n) is 14.2. The molecule has 1 aliphatic carbocycles. The fourth-order valence-electron chi connectivity index (χ4n) is 3.59. The summed E-state index contributed by atoms with van der Waals surface area (Å²) in [6.45, 7) is 8.41. The van der Waals surface area contributed by atoms with Gasteiger partial charge in [0.2, 0.25) is 0 Å². The summed E-state index contributed by atoms with van der Waals surface area (Å²) in [5.74, 6) is 1.37. The summed E-state index contributed by atoms with van der Waals surface area (Å²) in [6, 6.07) is 17.7. The third-order valence-electron chi connectivity index (χ3n) is 4.78. The number of benzene rings is 2. The molecule has 1 fully saturated rings. The lowest BCUT2D eigenvalue weighted by atomic mass is 10.0. The van der Waals surface area contributed by atoms with E-state index in [4.69, 9.17) is 4.74 Å². The molecule has 2 unspecified atom stereocenters. The molecular formula is C21H24O2. The molecule has 2 heteroatoms. The average Bonchev–Trinajstić information content (AvgIpc) is 3.09. The summed E-state index contributed by atoms with van der Waals surface area (Å²) in [6.07, 6.45) is 0.126. The van der Waals surface area contributed by atoms with E-state index in [1.54, 1.807) is 0 Å². The summed E-state index contributed by atoms with van der Waals surface area (Å²) < 4.78 is 5.96. The molecule has 0 aliphatic heterocycles. The molecule has 1 aliphatic rings. The second kappa shape index (κ2) is 5.84. The largest absolute Gasteiger partial charge is 0.491 e. The Morgan fingerprint density at radius 1 is 1.00 bits per heavy atom. The molecule has 2 atom stereocenters. The molecule has 23 heavy (non-hydrogen) atoms. The van der Waals surface area contributed by atoms with E-state index in [-0.39, 0.29) is 29.1 Å². The minimum Gasteiger partial charge on any atom is -0.491 e. The van der Waals surface area contributed by atoms with E-state index in [0.717, 1.165) is 16.9 Å². The maximum Gasteiger partial charge on any atom is 0.167 e. The van der Waals surface area contributed by atoms with Crippen molar-refractivity contribution in [2.75, 3.05) is 0 Å². The SMILES string of the molecule is CC(C)Oc1ccccc1C1C(C(=O)c2ccccc2)C1(C)C. The van der Waals surface area contributed by atoms with Crippen LogP contribution in [0.4, 0.5) is 0 Å². The van der Waals surface area contributed by atoms with Crippen LogP contribution in [-0.4, -0.2) is 11.9 Å². The lowest BCUT2D eigenvalue weighted by molar-refractivity contribution is 0.0952. The molecule has 3 rings (SSSR count). The van der Waals surface area contributed by atoms with Crippen LogP contribution in [0.1, 0.15) is 49.5 Å². The van der Waals surface area contributed by atoms with E-state index >= 15 is 0 Å². The van der Waals surface area contributed by atoms with E-state index in [1.807, 2.05) is 62.4 Å². The van der Waals surface area contributed by atoms with Crippen molar-refractivity contribution < 1.29 is 9.53 Å². The van der Waals surface area contributed by atoms with Crippen molar-refractivity contribution in [2.45, 2.75) is 39.7 Å². The van der Waals surface area contributed by atoms with Gasteiger partial charge < -0.3 is 4.74 Å². The highest BCUT2D eigenvalue weighted by Crippen LogP contribution is 2.66. The van der Waals surface area contributed by atoms with E-state index in [9.17, 15) is 4.79 Å². The normalized spacial score (nSPS) is 22.0. The second-order valence-electron chi connectivity index (χ2n) is 7.21. The Morgan fingerprint density at radius 3 is 2.26 bits per heavy atom. The van der Waals surface area contributed by atoms with Gasteiger partial charge in [-0.25, -0.2) is 0 Å². The number of ketones is 1. The molecule has 1 saturated carbocycles. The highest BCUT2D eigenvalue weighted by atomic mass is 16.5. The standard InChI is InChI=1S/C21H24O2/c1-14(2)23-17-13-9-8-12-16(17)18-19(21(18,3)4)20(22)15-10-6-5-7-11-15/h5-14,18-19H,1-4H3. The summed E-state index contributed by atoms with van der Waals surface area (Å²) >= 11 is 0. The zero-order chi connectivity index (χ0) is 16.6. The number of Topliss-reactive ketones (excluding diaryl/α,β-unsaturated/α-hetero) is 1. The first kappa shape index (κ1) is 15.8. The first-order valence-corrected chi connectivity index (χ1v) is 8.27. The Balaban J connectivity index is 1.91. The van der Waals surface area contributed by atoms with Gasteiger partial charge >= 0.3 is 0 Å². The lowest BCUT2D eigenvalue weighted by Crippen LogP contribution is -2.08. The molecule has 0 saturated heterocycles. The monoisotopic (exact) mass is 308 g/mol. The molecule has 0 heterocycles. The minimum absolute atomic E-state index is 0.0156. The van der Waals surface area contributed by atoms with E-state index in [2.05, 4.69) is 19.9 Å². The van der Waals surface area contributed by atoms with Crippen LogP contribution in [0.2, 0.25) is 0 Å². The average molecular weight is 308 g/mol. The molecular weight excluding hydrogens is 284 g/mol. The van der Waals surface area contributed by atoms with E-state index < -0.39 is 0 Å². The molecule has 2 aromatic carbocycles. The van der Waals surface area contributed by atoms with Crippen LogP contribution in [0.15, 0.2) is 54.6 Å². The number of ether oxygens (including phenoxy) is 1.